The Hall–Kier alpha value is -0.470. The van der Waals surface area contributed by atoms with E-state index in [2.05, 4.69) is 55.2 Å². The minimum absolute atomic E-state index is 0.663. The van der Waals surface area contributed by atoms with Crippen molar-refractivity contribution in [3.8, 4) is 0 Å². The van der Waals surface area contributed by atoms with Gasteiger partial charge in [0, 0.05) is 11.8 Å². The summed E-state index contributed by atoms with van der Waals surface area (Å²) >= 11 is 2.06. The van der Waals surface area contributed by atoms with Gasteiger partial charge in [-0.25, -0.2) is 0 Å². The Balaban J connectivity index is 2.07. The van der Waals surface area contributed by atoms with E-state index in [4.69, 9.17) is 0 Å². The molecule has 2 heteroatoms. The van der Waals surface area contributed by atoms with Crippen LogP contribution in [0.3, 0.4) is 0 Å². The van der Waals surface area contributed by atoms with Gasteiger partial charge >= 0.3 is 0 Å². The van der Waals surface area contributed by atoms with Gasteiger partial charge < -0.3 is 5.32 Å². The molecule has 1 atom stereocenters. The highest BCUT2D eigenvalue weighted by Crippen LogP contribution is 2.17. The smallest absolute Gasteiger partial charge is 0.0187 e. The molecule has 96 valence electrons. The first-order chi connectivity index (χ1) is 8.24. The number of nitrogens with one attached hydrogen (secondary N) is 1. The minimum Gasteiger partial charge on any atom is -0.317 e. The molecule has 1 unspecified atom stereocenters. The fraction of sp³-hybridized carbons (Fsp3) is 0.600. The van der Waals surface area contributed by atoms with Crippen LogP contribution in [0.15, 0.2) is 24.3 Å². The van der Waals surface area contributed by atoms with Crippen LogP contribution in [0.25, 0.3) is 0 Å². The molecule has 0 heterocycles. The molecule has 17 heavy (non-hydrogen) atoms. The van der Waals surface area contributed by atoms with Gasteiger partial charge in [0.15, 0.2) is 0 Å². The highest BCUT2D eigenvalue weighted by molar-refractivity contribution is 7.98. The standard InChI is InChI=1S/C15H25NS/c1-13-8-4-5-10-15(13)12-17-11-7-6-9-14(2)16-3/h4-5,8,10,14,16H,6-7,9,11-12H2,1-3H3. The van der Waals surface area contributed by atoms with Crippen molar-refractivity contribution in [2.75, 3.05) is 12.8 Å². The van der Waals surface area contributed by atoms with E-state index in [1.807, 2.05) is 7.05 Å². The van der Waals surface area contributed by atoms with E-state index in [9.17, 15) is 0 Å². The van der Waals surface area contributed by atoms with Crippen LogP contribution in [0.2, 0.25) is 0 Å². The molecule has 1 N–H and O–H groups in total. The second-order valence-electron chi connectivity index (χ2n) is 4.66. The lowest BCUT2D eigenvalue weighted by Gasteiger charge is -2.09. The van der Waals surface area contributed by atoms with E-state index in [-0.39, 0.29) is 0 Å². The van der Waals surface area contributed by atoms with E-state index in [1.54, 1.807) is 0 Å². The molecule has 0 spiro atoms. The lowest BCUT2D eigenvalue weighted by molar-refractivity contribution is 0.539. The van der Waals surface area contributed by atoms with Crippen LogP contribution in [0.1, 0.15) is 37.3 Å². The Kier molecular flexibility index (Phi) is 7.38. The molecule has 0 amide bonds. The normalized spacial score (nSPS) is 12.6. The first-order valence-corrected chi connectivity index (χ1v) is 7.69. The van der Waals surface area contributed by atoms with Gasteiger partial charge in [-0.05, 0) is 50.6 Å². The molecule has 0 aliphatic carbocycles. The molecule has 0 aliphatic heterocycles. The van der Waals surface area contributed by atoms with Crippen LogP contribution < -0.4 is 5.32 Å². The summed E-state index contributed by atoms with van der Waals surface area (Å²) < 4.78 is 0. The van der Waals surface area contributed by atoms with Crippen LogP contribution in [0.5, 0.6) is 0 Å². The summed E-state index contributed by atoms with van der Waals surface area (Å²) in [6, 6.07) is 9.35. The van der Waals surface area contributed by atoms with Crippen LogP contribution in [-0.2, 0) is 5.75 Å². The van der Waals surface area contributed by atoms with Gasteiger partial charge in [-0.15, -0.1) is 0 Å². The number of rotatable bonds is 8. The fourth-order valence-electron chi connectivity index (χ4n) is 1.75. The monoisotopic (exact) mass is 251 g/mol. The van der Waals surface area contributed by atoms with Crippen molar-refractivity contribution >= 4 is 11.8 Å². The maximum absolute atomic E-state index is 3.28. The van der Waals surface area contributed by atoms with Crippen molar-refractivity contribution in [2.24, 2.45) is 0 Å². The largest absolute Gasteiger partial charge is 0.317 e. The zero-order valence-corrected chi connectivity index (χ0v) is 12.1. The predicted molar refractivity (Wildman–Crippen MR) is 79.7 cm³/mol. The van der Waals surface area contributed by atoms with Crippen molar-refractivity contribution in [1.82, 2.24) is 5.32 Å². The Bertz CT molecular complexity index is 312. The van der Waals surface area contributed by atoms with Gasteiger partial charge in [-0.1, -0.05) is 30.7 Å². The maximum atomic E-state index is 3.28. The zero-order valence-electron chi connectivity index (χ0n) is 11.3. The molecular weight excluding hydrogens is 226 g/mol. The van der Waals surface area contributed by atoms with E-state index in [0.29, 0.717) is 6.04 Å². The molecule has 0 fully saturated rings. The maximum Gasteiger partial charge on any atom is 0.0187 e. The number of aryl methyl sites for hydroxylation is 1. The molecule has 0 aliphatic rings. The number of benzene rings is 1. The second-order valence-corrected chi connectivity index (χ2v) is 5.77. The van der Waals surface area contributed by atoms with Crippen molar-refractivity contribution in [2.45, 2.75) is 44.9 Å². The lowest BCUT2D eigenvalue weighted by Crippen LogP contribution is -2.20. The third-order valence-electron chi connectivity index (χ3n) is 3.19. The predicted octanol–water partition coefficient (Wildman–Crippen LogP) is 4.01. The Labute approximate surface area is 110 Å². The first kappa shape index (κ1) is 14.6. The van der Waals surface area contributed by atoms with E-state index >= 15 is 0 Å². The molecule has 1 nitrogen and oxygen atoms in total. The van der Waals surface area contributed by atoms with E-state index in [1.165, 1.54) is 36.1 Å². The molecule has 1 aromatic rings. The highest BCUT2D eigenvalue weighted by atomic mass is 32.2. The summed E-state index contributed by atoms with van der Waals surface area (Å²) in [6.07, 6.45) is 3.97. The lowest BCUT2D eigenvalue weighted by atomic mass is 10.1. The van der Waals surface area contributed by atoms with Crippen LogP contribution in [-0.4, -0.2) is 18.8 Å². The summed E-state index contributed by atoms with van der Waals surface area (Å²) in [5, 5.41) is 3.28. The van der Waals surface area contributed by atoms with Gasteiger partial charge in [-0.3, -0.25) is 0 Å². The summed E-state index contributed by atoms with van der Waals surface area (Å²) in [6.45, 7) is 4.45. The SMILES string of the molecule is CNC(C)CCCCSCc1ccccc1C. The number of thioether (sulfide) groups is 1. The van der Waals surface area contributed by atoms with Crippen LogP contribution in [0.4, 0.5) is 0 Å². The number of hydrogen-bond donors (Lipinski definition) is 1. The summed E-state index contributed by atoms with van der Waals surface area (Å²) in [5.74, 6) is 2.44. The molecular formula is C15H25NS. The summed E-state index contributed by atoms with van der Waals surface area (Å²) in [4.78, 5) is 0. The number of hydrogen-bond acceptors (Lipinski definition) is 2. The van der Waals surface area contributed by atoms with Crippen molar-refractivity contribution in [3.05, 3.63) is 35.4 Å². The topological polar surface area (TPSA) is 12.0 Å². The summed E-state index contributed by atoms with van der Waals surface area (Å²) in [5.41, 5.74) is 2.91. The van der Waals surface area contributed by atoms with Gasteiger partial charge in [0.05, 0.1) is 0 Å². The second kappa shape index (κ2) is 8.60. The quantitative estimate of drug-likeness (QED) is 0.701. The number of unbranched alkanes of at least 4 members (excludes halogenated alkanes) is 1. The Morgan fingerprint density at radius 1 is 1.24 bits per heavy atom. The van der Waals surface area contributed by atoms with Gasteiger partial charge in [0.25, 0.3) is 0 Å². The third-order valence-corrected chi connectivity index (χ3v) is 4.28. The van der Waals surface area contributed by atoms with Gasteiger partial charge in [0.1, 0.15) is 0 Å². The van der Waals surface area contributed by atoms with E-state index < -0.39 is 0 Å². The molecule has 1 aromatic carbocycles. The van der Waals surface area contributed by atoms with Gasteiger partial charge in [-0.2, -0.15) is 11.8 Å². The highest BCUT2D eigenvalue weighted by Gasteiger charge is 1.99. The van der Waals surface area contributed by atoms with Crippen molar-refractivity contribution in [1.29, 1.82) is 0 Å². The molecule has 0 bridgehead atoms. The van der Waals surface area contributed by atoms with Crippen LogP contribution in [0, 0.1) is 6.92 Å². The molecule has 1 rings (SSSR count). The molecule has 0 radical (unpaired) electrons. The first-order valence-electron chi connectivity index (χ1n) is 6.53. The molecule has 0 saturated heterocycles. The summed E-state index contributed by atoms with van der Waals surface area (Å²) in [7, 11) is 2.04. The third kappa shape index (κ3) is 6.13. The van der Waals surface area contributed by atoms with Crippen LogP contribution >= 0.6 is 11.8 Å². The Morgan fingerprint density at radius 3 is 2.71 bits per heavy atom. The van der Waals surface area contributed by atoms with Crippen molar-refractivity contribution < 1.29 is 0 Å². The van der Waals surface area contributed by atoms with E-state index in [0.717, 1.165) is 5.75 Å². The fourth-order valence-corrected chi connectivity index (χ4v) is 2.85. The average Bonchev–Trinajstić information content (AvgIpc) is 2.35. The Morgan fingerprint density at radius 2 is 2.00 bits per heavy atom. The minimum atomic E-state index is 0.663. The zero-order chi connectivity index (χ0) is 12.5. The molecule has 0 aromatic heterocycles. The average molecular weight is 251 g/mol. The molecule has 0 saturated carbocycles. The van der Waals surface area contributed by atoms with Crippen molar-refractivity contribution in [3.63, 3.8) is 0 Å². The van der Waals surface area contributed by atoms with Gasteiger partial charge in [0.2, 0.25) is 0 Å².